The third-order valence-corrected chi connectivity index (χ3v) is 5.42. The van der Waals surface area contributed by atoms with Crippen molar-refractivity contribution in [3.05, 3.63) is 12.7 Å². The van der Waals surface area contributed by atoms with Gasteiger partial charge in [-0.05, 0) is 38.5 Å². The molecule has 0 aromatic carbocycles. The molecule has 0 bridgehead atoms. The predicted octanol–water partition coefficient (Wildman–Crippen LogP) is 3.14. The molecule has 0 aliphatic heterocycles. The lowest BCUT2D eigenvalue weighted by Gasteiger charge is -2.36. The highest BCUT2D eigenvalue weighted by Crippen LogP contribution is 2.50. The Morgan fingerprint density at radius 2 is 1.89 bits per heavy atom. The third kappa shape index (κ3) is 5.89. The van der Waals surface area contributed by atoms with Crippen LogP contribution in [0.5, 0.6) is 0 Å². The fourth-order valence-corrected chi connectivity index (χ4v) is 4.45. The SMILES string of the molecule is C=CC(C(=O)OCC)C(N)C1C(N=C(C)CC(=O)OCC)C(C)CC1(C)C. The van der Waals surface area contributed by atoms with Crippen molar-refractivity contribution < 1.29 is 19.1 Å². The van der Waals surface area contributed by atoms with E-state index in [1.54, 1.807) is 19.9 Å². The van der Waals surface area contributed by atoms with Crippen LogP contribution in [0.4, 0.5) is 0 Å². The van der Waals surface area contributed by atoms with Crippen molar-refractivity contribution in [3.63, 3.8) is 0 Å². The van der Waals surface area contributed by atoms with Crippen LogP contribution >= 0.6 is 0 Å². The molecule has 1 aliphatic carbocycles. The van der Waals surface area contributed by atoms with Crippen LogP contribution < -0.4 is 5.73 Å². The quantitative estimate of drug-likeness (QED) is 0.377. The van der Waals surface area contributed by atoms with Gasteiger partial charge in [-0.2, -0.15) is 0 Å². The van der Waals surface area contributed by atoms with Crippen molar-refractivity contribution in [2.75, 3.05) is 13.2 Å². The zero-order chi connectivity index (χ0) is 20.8. The largest absolute Gasteiger partial charge is 0.466 e. The number of carbonyl (C=O) groups excluding carboxylic acids is 2. The molecule has 6 nitrogen and oxygen atoms in total. The Hall–Kier alpha value is -1.69. The standard InChI is InChI=1S/C21H36N2O4/c1-8-15(20(25)27-10-3)18(22)17-19(13(4)12-21(17,6)7)23-14(5)11-16(24)26-9-2/h8,13,15,17-19H,1,9-12,22H2,2-7H3. The number of esters is 2. The molecule has 1 fully saturated rings. The van der Waals surface area contributed by atoms with Crippen molar-refractivity contribution in [3.8, 4) is 0 Å². The summed E-state index contributed by atoms with van der Waals surface area (Å²) in [6.07, 6.45) is 2.69. The lowest BCUT2D eigenvalue weighted by atomic mass is 9.72. The first-order valence-corrected chi connectivity index (χ1v) is 9.82. The molecule has 1 saturated carbocycles. The molecule has 0 heterocycles. The molecule has 154 valence electrons. The number of nitrogens with two attached hydrogens (primary N) is 1. The normalized spacial score (nSPS) is 26.9. The highest BCUT2D eigenvalue weighted by Gasteiger charge is 2.51. The monoisotopic (exact) mass is 380 g/mol. The molecule has 6 heteroatoms. The number of rotatable bonds is 9. The Bertz CT molecular complexity index is 571. The summed E-state index contributed by atoms with van der Waals surface area (Å²) in [6, 6.07) is -0.521. The van der Waals surface area contributed by atoms with E-state index in [1.807, 2.05) is 6.92 Å². The smallest absolute Gasteiger partial charge is 0.314 e. The number of nitrogens with zero attached hydrogens (tertiary/aromatic N) is 1. The Kier molecular flexibility index (Phi) is 8.66. The maximum absolute atomic E-state index is 12.3. The molecule has 0 radical (unpaired) electrons. The minimum atomic E-state index is -0.581. The summed E-state index contributed by atoms with van der Waals surface area (Å²) in [5.41, 5.74) is 7.22. The number of hydrogen-bond acceptors (Lipinski definition) is 6. The van der Waals surface area contributed by atoms with Gasteiger partial charge in [0.15, 0.2) is 0 Å². The highest BCUT2D eigenvalue weighted by atomic mass is 16.5. The zero-order valence-corrected chi connectivity index (χ0v) is 17.7. The Balaban J connectivity index is 3.12. The molecule has 0 aromatic heterocycles. The summed E-state index contributed by atoms with van der Waals surface area (Å²) < 4.78 is 10.2. The average molecular weight is 381 g/mol. The van der Waals surface area contributed by atoms with Gasteiger partial charge in [-0.25, -0.2) is 0 Å². The van der Waals surface area contributed by atoms with Gasteiger partial charge in [-0.1, -0.05) is 26.8 Å². The van der Waals surface area contributed by atoms with Crippen molar-refractivity contribution >= 4 is 17.7 Å². The summed E-state index contributed by atoms with van der Waals surface area (Å²) in [7, 11) is 0. The van der Waals surface area contributed by atoms with E-state index < -0.39 is 12.0 Å². The van der Waals surface area contributed by atoms with Crippen LogP contribution in [0.25, 0.3) is 0 Å². The molecule has 5 unspecified atom stereocenters. The average Bonchev–Trinajstić information content (AvgIpc) is 2.76. The van der Waals surface area contributed by atoms with Crippen molar-refractivity contribution in [1.29, 1.82) is 0 Å². The van der Waals surface area contributed by atoms with E-state index in [1.165, 1.54) is 0 Å². The first kappa shape index (κ1) is 23.3. The molecular weight excluding hydrogens is 344 g/mol. The van der Waals surface area contributed by atoms with Crippen molar-refractivity contribution in [2.24, 2.45) is 33.9 Å². The van der Waals surface area contributed by atoms with E-state index in [9.17, 15) is 9.59 Å². The lowest BCUT2D eigenvalue weighted by Crippen LogP contribution is -2.48. The molecule has 27 heavy (non-hydrogen) atoms. The Morgan fingerprint density at radius 3 is 2.41 bits per heavy atom. The van der Waals surface area contributed by atoms with Gasteiger partial charge in [0.25, 0.3) is 0 Å². The lowest BCUT2D eigenvalue weighted by molar-refractivity contribution is -0.147. The maximum Gasteiger partial charge on any atom is 0.314 e. The number of ether oxygens (including phenoxy) is 2. The summed E-state index contributed by atoms with van der Waals surface area (Å²) in [5.74, 6) is -0.943. The van der Waals surface area contributed by atoms with Gasteiger partial charge in [0.05, 0.1) is 31.6 Å². The summed E-state index contributed by atoms with van der Waals surface area (Å²) in [5, 5.41) is 0. The molecule has 1 rings (SSSR count). The van der Waals surface area contributed by atoms with Gasteiger partial charge < -0.3 is 15.2 Å². The van der Waals surface area contributed by atoms with Crippen LogP contribution in [0, 0.1) is 23.2 Å². The number of aliphatic imine (C=N–C) groups is 1. The number of carbonyl (C=O) groups is 2. The van der Waals surface area contributed by atoms with E-state index in [0.29, 0.717) is 19.1 Å². The molecule has 2 N–H and O–H groups in total. The second-order valence-electron chi connectivity index (χ2n) is 8.12. The zero-order valence-electron chi connectivity index (χ0n) is 17.7. The summed E-state index contributed by atoms with van der Waals surface area (Å²) in [6.45, 7) is 16.3. The van der Waals surface area contributed by atoms with Gasteiger partial charge in [0.1, 0.15) is 0 Å². The fraction of sp³-hybridized carbons (Fsp3) is 0.762. The van der Waals surface area contributed by atoms with Crippen molar-refractivity contribution in [2.45, 2.75) is 66.5 Å². The van der Waals surface area contributed by atoms with Gasteiger partial charge >= 0.3 is 11.9 Å². The van der Waals surface area contributed by atoms with Gasteiger partial charge in [0.2, 0.25) is 0 Å². The Morgan fingerprint density at radius 1 is 1.30 bits per heavy atom. The Labute approximate surface area is 163 Å². The molecule has 5 atom stereocenters. The van der Waals surface area contributed by atoms with E-state index in [0.717, 1.165) is 12.1 Å². The minimum Gasteiger partial charge on any atom is -0.466 e. The second kappa shape index (κ2) is 10.0. The van der Waals surface area contributed by atoms with E-state index in [2.05, 4.69) is 27.4 Å². The highest BCUT2D eigenvalue weighted by molar-refractivity contribution is 5.97. The number of hydrogen-bond donors (Lipinski definition) is 1. The predicted molar refractivity (Wildman–Crippen MR) is 107 cm³/mol. The van der Waals surface area contributed by atoms with Crippen LogP contribution in [0.3, 0.4) is 0 Å². The maximum atomic E-state index is 12.3. The van der Waals surface area contributed by atoms with E-state index in [-0.39, 0.29) is 35.7 Å². The van der Waals surface area contributed by atoms with Gasteiger partial charge in [0, 0.05) is 17.7 Å². The fourth-order valence-electron chi connectivity index (χ4n) is 4.45. The van der Waals surface area contributed by atoms with Crippen LogP contribution in [-0.4, -0.2) is 42.9 Å². The molecule has 1 aliphatic rings. The van der Waals surface area contributed by atoms with Gasteiger partial charge in [-0.15, -0.1) is 6.58 Å². The van der Waals surface area contributed by atoms with Crippen molar-refractivity contribution in [1.82, 2.24) is 0 Å². The van der Waals surface area contributed by atoms with E-state index >= 15 is 0 Å². The van der Waals surface area contributed by atoms with E-state index in [4.69, 9.17) is 20.2 Å². The molecule has 0 aromatic rings. The molecule has 0 saturated heterocycles. The van der Waals surface area contributed by atoms with Crippen LogP contribution in [0.1, 0.15) is 54.4 Å². The first-order valence-electron chi connectivity index (χ1n) is 9.82. The summed E-state index contributed by atoms with van der Waals surface area (Å²) >= 11 is 0. The second-order valence-corrected chi connectivity index (χ2v) is 8.12. The van der Waals surface area contributed by atoms with Crippen LogP contribution in [0.2, 0.25) is 0 Å². The van der Waals surface area contributed by atoms with Crippen LogP contribution in [0.15, 0.2) is 17.6 Å². The minimum absolute atomic E-state index is 0.0305. The first-order chi connectivity index (χ1) is 12.6. The molecule has 0 amide bonds. The third-order valence-electron chi connectivity index (χ3n) is 5.42. The molecule has 0 spiro atoms. The topological polar surface area (TPSA) is 91.0 Å². The molecular formula is C21H36N2O4. The van der Waals surface area contributed by atoms with Crippen LogP contribution in [-0.2, 0) is 19.1 Å². The summed E-state index contributed by atoms with van der Waals surface area (Å²) in [4.78, 5) is 29.0. The van der Waals surface area contributed by atoms with Gasteiger partial charge in [-0.3, -0.25) is 14.6 Å².